The third-order valence-corrected chi connectivity index (χ3v) is 1.99. The zero-order valence-electron chi connectivity index (χ0n) is 9.45. The molecule has 0 saturated heterocycles. The number of carbonyl (C=O) groups is 1. The number of nitrogens with one attached hydrogen (secondary N) is 1. The van der Waals surface area contributed by atoms with Gasteiger partial charge in [0, 0.05) is 5.54 Å². The predicted molar refractivity (Wildman–Crippen MR) is 61.3 cm³/mol. The second kappa shape index (κ2) is 4.45. The van der Waals surface area contributed by atoms with Crippen LogP contribution in [-0.4, -0.2) is 11.4 Å². The summed E-state index contributed by atoms with van der Waals surface area (Å²) in [6.45, 7) is 6.02. The summed E-state index contributed by atoms with van der Waals surface area (Å²) in [6, 6.07) is 9.08. The monoisotopic (exact) mass is 206 g/mol. The summed E-state index contributed by atoms with van der Waals surface area (Å²) in [5.41, 5.74) is 6.13. The first-order valence-electron chi connectivity index (χ1n) is 5.02. The molecule has 0 heterocycles. The maximum absolute atomic E-state index is 11.3. The highest BCUT2D eigenvalue weighted by atomic mass is 16.1. The van der Waals surface area contributed by atoms with Crippen LogP contribution in [0.5, 0.6) is 0 Å². The van der Waals surface area contributed by atoms with Crippen LogP contribution in [0.25, 0.3) is 0 Å². The van der Waals surface area contributed by atoms with Crippen molar-refractivity contribution in [1.82, 2.24) is 5.32 Å². The van der Waals surface area contributed by atoms with Gasteiger partial charge in [0.2, 0.25) is 5.91 Å². The van der Waals surface area contributed by atoms with Gasteiger partial charge in [-0.05, 0) is 26.3 Å². The molecule has 1 atom stereocenters. The molecule has 0 aromatic heterocycles. The Morgan fingerprint density at radius 3 is 2.20 bits per heavy atom. The summed E-state index contributed by atoms with van der Waals surface area (Å²) in [5.74, 6) is -0.351. The molecule has 0 unspecified atom stereocenters. The van der Waals surface area contributed by atoms with Crippen LogP contribution in [0.15, 0.2) is 30.3 Å². The SMILES string of the molecule is CC(C)(C)N[C@@H](C(N)=O)c1ccccc1. The number of rotatable bonds is 3. The van der Waals surface area contributed by atoms with E-state index in [1.54, 1.807) is 0 Å². The Kier molecular flexibility index (Phi) is 3.48. The molecule has 0 aliphatic heterocycles. The maximum atomic E-state index is 11.3. The van der Waals surface area contributed by atoms with Gasteiger partial charge in [-0.15, -0.1) is 0 Å². The Morgan fingerprint density at radius 1 is 1.27 bits per heavy atom. The van der Waals surface area contributed by atoms with E-state index >= 15 is 0 Å². The minimum absolute atomic E-state index is 0.143. The normalized spacial score (nSPS) is 13.5. The van der Waals surface area contributed by atoms with Gasteiger partial charge in [-0.2, -0.15) is 0 Å². The van der Waals surface area contributed by atoms with Crippen LogP contribution in [0.3, 0.4) is 0 Å². The second-order valence-corrected chi connectivity index (χ2v) is 4.64. The van der Waals surface area contributed by atoms with E-state index in [4.69, 9.17) is 5.73 Å². The molecule has 0 aliphatic carbocycles. The van der Waals surface area contributed by atoms with Crippen LogP contribution >= 0.6 is 0 Å². The van der Waals surface area contributed by atoms with Gasteiger partial charge in [-0.1, -0.05) is 30.3 Å². The molecule has 3 nitrogen and oxygen atoms in total. The molecule has 3 N–H and O–H groups in total. The zero-order chi connectivity index (χ0) is 11.5. The molecule has 1 aromatic carbocycles. The molecular formula is C12H18N2O. The van der Waals surface area contributed by atoms with Gasteiger partial charge in [0.05, 0.1) is 0 Å². The summed E-state index contributed by atoms with van der Waals surface area (Å²) >= 11 is 0. The van der Waals surface area contributed by atoms with Crippen LogP contribution < -0.4 is 11.1 Å². The molecule has 0 aliphatic rings. The van der Waals surface area contributed by atoms with E-state index < -0.39 is 6.04 Å². The lowest BCUT2D eigenvalue weighted by Gasteiger charge is -2.26. The number of benzene rings is 1. The molecule has 0 radical (unpaired) electrons. The highest BCUT2D eigenvalue weighted by Crippen LogP contribution is 2.15. The molecule has 82 valence electrons. The van der Waals surface area contributed by atoms with Crippen LogP contribution in [0.1, 0.15) is 32.4 Å². The van der Waals surface area contributed by atoms with Crippen LogP contribution in [0, 0.1) is 0 Å². The number of nitrogens with two attached hydrogens (primary N) is 1. The van der Waals surface area contributed by atoms with Crippen molar-refractivity contribution in [3.63, 3.8) is 0 Å². The molecule has 0 fully saturated rings. The van der Waals surface area contributed by atoms with Crippen LogP contribution in [-0.2, 0) is 4.79 Å². The van der Waals surface area contributed by atoms with Crippen molar-refractivity contribution in [3.8, 4) is 0 Å². The lowest BCUT2D eigenvalue weighted by molar-refractivity contribution is -0.120. The highest BCUT2D eigenvalue weighted by Gasteiger charge is 2.22. The zero-order valence-corrected chi connectivity index (χ0v) is 9.45. The van der Waals surface area contributed by atoms with Crippen molar-refractivity contribution in [2.75, 3.05) is 0 Å². The van der Waals surface area contributed by atoms with Gasteiger partial charge in [0.1, 0.15) is 6.04 Å². The van der Waals surface area contributed by atoms with Gasteiger partial charge in [0.25, 0.3) is 0 Å². The summed E-state index contributed by atoms with van der Waals surface area (Å²) in [7, 11) is 0. The summed E-state index contributed by atoms with van der Waals surface area (Å²) in [4.78, 5) is 11.3. The van der Waals surface area contributed by atoms with Crippen molar-refractivity contribution >= 4 is 5.91 Å². The number of hydrogen-bond acceptors (Lipinski definition) is 2. The molecule has 0 bridgehead atoms. The topological polar surface area (TPSA) is 55.1 Å². The van der Waals surface area contributed by atoms with Gasteiger partial charge >= 0.3 is 0 Å². The average molecular weight is 206 g/mol. The summed E-state index contributed by atoms with van der Waals surface area (Å²) in [5, 5.41) is 3.20. The molecule has 1 rings (SSSR count). The first kappa shape index (κ1) is 11.7. The minimum atomic E-state index is -0.425. The summed E-state index contributed by atoms with van der Waals surface area (Å²) in [6.07, 6.45) is 0. The Hall–Kier alpha value is -1.35. The third kappa shape index (κ3) is 3.72. The van der Waals surface area contributed by atoms with Crippen molar-refractivity contribution in [2.24, 2.45) is 5.73 Å². The molecule has 3 heteroatoms. The lowest BCUT2D eigenvalue weighted by Crippen LogP contribution is -2.44. The van der Waals surface area contributed by atoms with Crippen molar-refractivity contribution in [3.05, 3.63) is 35.9 Å². The van der Waals surface area contributed by atoms with E-state index in [1.807, 2.05) is 51.1 Å². The van der Waals surface area contributed by atoms with Gasteiger partial charge in [-0.3, -0.25) is 10.1 Å². The fourth-order valence-corrected chi connectivity index (χ4v) is 1.40. The third-order valence-electron chi connectivity index (χ3n) is 1.99. The van der Waals surface area contributed by atoms with Gasteiger partial charge < -0.3 is 5.73 Å². The van der Waals surface area contributed by atoms with Crippen molar-refractivity contribution in [1.29, 1.82) is 0 Å². The molecule has 1 aromatic rings. The van der Waals surface area contributed by atoms with Crippen LogP contribution in [0.4, 0.5) is 0 Å². The van der Waals surface area contributed by atoms with Gasteiger partial charge in [-0.25, -0.2) is 0 Å². The first-order valence-corrected chi connectivity index (χ1v) is 5.02. The molecule has 0 spiro atoms. The number of carbonyl (C=O) groups excluding carboxylic acids is 1. The molecule has 0 saturated carbocycles. The molecular weight excluding hydrogens is 188 g/mol. The predicted octanol–water partition coefficient (Wildman–Crippen LogP) is 1.60. The fraction of sp³-hybridized carbons (Fsp3) is 0.417. The van der Waals surface area contributed by atoms with E-state index in [0.717, 1.165) is 5.56 Å². The van der Waals surface area contributed by atoms with E-state index in [0.29, 0.717) is 0 Å². The van der Waals surface area contributed by atoms with Crippen LogP contribution in [0.2, 0.25) is 0 Å². The Bertz CT molecular complexity index is 327. The average Bonchev–Trinajstić information content (AvgIpc) is 2.14. The molecule has 1 amide bonds. The van der Waals surface area contributed by atoms with Gasteiger partial charge in [0.15, 0.2) is 0 Å². The largest absolute Gasteiger partial charge is 0.368 e. The Labute approximate surface area is 90.7 Å². The molecule has 15 heavy (non-hydrogen) atoms. The Morgan fingerprint density at radius 2 is 1.80 bits per heavy atom. The quantitative estimate of drug-likeness (QED) is 0.789. The second-order valence-electron chi connectivity index (χ2n) is 4.64. The standard InChI is InChI=1S/C12H18N2O/c1-12(2,3)14-10(11(13)15)9-7-5-4-6-8-9/h4-8,10,14H,1-3H3,(H2,13,15)/t10-/m1/s1. The fourth-order valence-electron chi connectivity index (χ4n) is 1.40. The van der Waals surface area contributed by atoms with E-state index in [9.17, 15) is 4.79 Å². The Balaban J connectivity index is 2.90. The minimum Gasteiger partial charge on any atom is -0.368 e. The van der Waals surface area contributed by atoms with E-state index in [-0.39, 0.29) is 11.4 Å². The van der Waals surface area contributed by atoms with E-state index in [1.165, 1.54) is 0 Å². The van der Waals surface area contributed by atoms with E-state index in [2.05, 4.69) is 5.32 Å². The van der Waals surface area contributed by atoms with Crippen molar-refractivity contribution in [2.45, 2.75) is 32.4 Å². The summed E-state index contributed by atoms with van der Waals surface area (Å²) < 4.78 is 0. The number of amides is 1. The smallest absolute Gasteiger partial charge is 0.239 e. The number of hydrogen-bond donors (Lipinski definition) is 2. The van der Waals surface area contributed by atoms with Crippen molar-refractivity contribution < 1.29 is 4.79 Å². The lowest BCUT2D eigenvalue weighted by atomic mass is 10.0. The first-order chi connectivity index (χ1) is 6.90. The maximum Gasteiger partial charge on any atom is 0.239 e. The highest BCUT2D eigenvalue weighted by molar-refractivity contribution is 5.81. The number of primary amides is 1.